The van der Waals surface area contributed by atoms with Crippen molar-refractivity contribution >= 4 is 5.91 Å². The molecule has 5 rings (SSSR count). The van der Waals surface area contributed by atoms with E-state index in [2.05, 4.69) is 22.0 Å². The Kier molecular flexibility index (Phi) is 7.31. The van der Waals surface area contributed by atoms with E-state index in [1.54, 1.807) is 16.8 Å². The third-order valence-electron chi connectivity index (χ3n) is 7.19. The summed E-state index contributed by atoms with van der Waals surface area (Å²) in [5.74, 6) is 0.286. The lowest BCUT2D eigenvalue weighted by molar-refractivity contribution is -0.0586. The van der Waals surface area contributed by atoms with Crippen molar-refractivity contribution in [1.29, 1.82) is 0 Å². The summed E-state index contributed by atoms with van der Waals surface area (Å²) in [6, 6.07) is 8.37. The molecule has 9 nitrogen and oxygen atoms in total. The van der Waals surface area contributed by atoms with Crippen LogP contribution >= 0.6 is 0 Å². The van der Waals surface area contributed by atoms with Gasteiger partial charge in [0.1, 0.15) is 12.1 Å². The molecule has 0 radical (unpaired) electrons. The Morgan fingerprint density at radius 3 is 2.44 bits per heavy atom. The van der Waals surface area contributed by atoms with Gasteiger partial charge in [-0.1, -0.05) is 6.92 Å². The topological polar surface area (TPSA) is 91.0 Å². The van der Waals surface area contributed by atoms with Crippen molar-refractivity contribution in [2.45, 2.75) is 59.7 Å². The molecule has 39 heavy (non-hydrogen) atoms. The van der Waals surface area contributed by atoms with Crippen molar-refractivity contribution in [2.24, 2.45) is 7.05 Å². The van der Waals surface area contributed by atoms with E-state index in [0.717, 1.165) is 40.3 Å². The minimum atomic E-state index is -0.268. The monoisotopic (exact) mass is 531 g/mol. The number of amides is 1. The lowest BCUT2D eigenvalue weighted by Crippen LogP contribution is -2.48. The van der Waals surface area contributed by atoms with E-state index in [-0.39, 0.29) is 23.9 Å². The summed E-state index contributed by atoms with van der Waals surface area (Å²) in [4.78, 5) is 24.3. The minimum Gasteiger partial charge on any atom is -0.372 e. The Morgan fingerprint density at radius 1 is 1.08 bits per heavy atom. The van der Waals surface area contributed by atoms with Gasteiger partial charge in [-0.2, -0.15) is 10.2 Å². The van der Waals surface area contributed by atoms with Gasteiger partial charge in [-0.25, -0.2) is 19.0 Å². The van der Waals surface area contributed by atoms with Crippen molar-refractivity contribution in [3.8, 4) is 17.1 Å². The first kappa shape index (κ1) is 26.7. The van der Waals surface area contributed by atoms with Gasteiger partial charge >= 0.3 is 0 Å². The quantitative estimate of drug-likeness (QED) is 0.370. The fourth-order valence-corrected chi connectivity index (χ4v) is 5.55. The van der Waals surface area contributed by atoms with Gasteiger partial charge in [0.2, 0.25) is 0 Å². The number of nitrogens with zero attached hydrogens (tertiary/aromatic N) is 7. The fourth-order valence-electron chi connectivity index (χ4n) is 5.55. The number of aryl methyl sites for hydroxylation is 2. The fraction of sp³-hybridized carbons (Fsp3) is 0.414. The summed E-state index contributed by atoms with van der Waals surface area (Å²) >= 11 is 0. The van der Waals surface area contributed by atoms with Gasteiger partial charge in [0.25, 0.3) is 5.91 Å². The molecule has 1 amide bonds. The lowest BCUT2D eigenvalue weighted by atomic mass is 10.0. The van der Waals surface area contributed by atoms with E-state index >= 15 is 0 Å². The Bertz CT molecular complexity index is 1500. The maximum atomic E-state index is 13.5. The van der Waals surface area contributed by atoms with E-state index < -0.39 is 0 Å². The molecule has 4 heterocycles. The molecule has 1 aromatic carbocycles. The Balaban J connectivity index is 1.44. The second-order valence-electron chi connectivity index (χ2n) is 10.2. The minimum absolute atomic E-state index is 0.0130. The SMILES string of the molecule is CCc1c(Cc2cc(-n3nc(C)c(C(=O)N4CC(C)OC(C)C4)c3C)ncn2)nn(C)c1-c1ccc(F)cc1. The van der Waals surface area contributed by atoms with Crippen LogP contribution in [0, 0.1) is 19.7 Å². The van der Waals surface area contributed by atoms with Gasteiger partial charge in [-0.15, -0.1) is 0 Å². The standard InChI is InChI=1S/C29H34FN7O2/c1-7-24-25(34-35(6)28(24)21-8-10-22(30)11-9-21)12-23-13-26(32-16-31-23)37-20(5)27(19(4)33-37)29(38)36-14-17(2)39-18(3)15-36/h8-11,13,16-18H,7,12,14-15H2,1-6H3. The summed E-state index contributed by atoms with van der Waals surface area (Å²) in [7, 11) is 1.90. The molecular formula is C29H34FN7O2. The molecule has 2 atom stereocenters. The molecule has 0 aliphatic carbocycles. The largest absolute Gasteiger partial charge is 0.372 e. The maximum absolute atomic E-state index is 13.5. The highest BCUT2D eigenvalue weighted by molar-refractivity contribution is 5.96. The number of carbonyl (C=O) groups excluding carboxylic acids is 1. The number of morpholine rings is 1. The number of carbonyl (C=O) groups is 1. The molecule has 0 bridgehead atoms. The zero-order valence-electron chi connectivity index (χ0n) is 23.3. The number of ether oxygens (including phenoxy) is 1. The Hall–Kier alpha value is -3.92. The van der Waals surface area contributed by atoms with Gasteiger partial charge in [0, 0.05) is 43.8 Å². The van der Waals surface area contributed by atoms with Crippen LogP contribution in [0.1, 0.15) is 59.5 Å². The molecule has 1 aliphatic rings. The van der Waals surface area contributed by atoms with Crippen LogP contribution in [0.3, 0.4) is 0 Å². The molecule has 10 heteroatoms. The normalized spacial score (nSPS) is 17.6. The lowest BCUT2D eigenvalue weighted by Gasteiger charge is -2.35. The molecule has 0 spiro atoms. The van der Waals surface area contributed by atoms with Crippen LogP contribution in [0.4, 0.5) is 4.39 Å². The van der Waals surface area contributed by atoms with Crippen molar-refractivity contribution in [3.63, 3.8) is 0 Å². The first-order chi connectivity index (χ1) is 18.7. The molecule has 204 valence electrons. The summed E-state index contributed by atoms with van der Waals surface area (Å²) in [6.45, 7) is 10.9. The zero-order chi connectivity index (χ0) is 27.8. The predicted octanol–water partition coefficient (Wildman–Crippen LogP) is 4.22. The summed E-state index contributed by atoms with van der Waals surface area (Å²) in [5, 5.41) is 9.46. The number of aromatic nitrogens is 6. The van der Waals surface area contributed by atoms with Crippen molar-refractivity contribution < 1.29 is 13.9 Å². The molecule has 0 saturated carbocycles. The number of hydrogen-bond donors (Lipinski definition) is 0. The van der Waals surface area contributed by atoms with Gasteiger partial charge in [-0.05, 0) is 58.4 Å². The van der Waals surface area contributed by atoms with Crippen LogP contribution in [-0.2, 0) is 24.6 Å². The third-order valence-corrected chi connectivity index (χ3v) is 7.19. The second-order valence-corrected chi connectivity index (χ2v) is 10.2. The number of rotatable bonds is 6. The summed E-state index contributed by atoms with van der Waals surface area (Å²) in [6.07, 6.45) is 2.77. The van der Waals surface area contributed by atoms with E-state index in [1.165, 1.54) is 18.5 Å². The van der Waals surface area contributed by atoms with Crippen LogP contribution in [0.15, 0.2) is 36.7 Å². The molecule has 0 N–H and O–H groups in total. The van der Waals surface area contributed by atoms with E-state index in [0.29, 0.717) is 36.6 Å². The Labute approximate surface area is 227 Å². The summed E-state index contributed by atoms with van der Waals surface area (Å²) < 4.78 is 22.9. The van der Waals surface area contributed by atoms with Crippen LogP contribution in [0.2, 0.25) is 0 Å². The van der Waals surface area contributed by atoms with E-state index in [4.69, 9.17) is 9.84 Å². The zero-order valence-corrected chi connectivity index (χ0v) is 23.3. The molecular weight excluding hydrogens is 497 g/mol. The van der Waals surface area contributed by atoms with Crippen LogP contribution in [0.5, 0.6) is 0 Å². The molecule has 1 aliphatic heterocycles. The van der Waals surface area contributed by atoms with Crippen molar-refractivity contribution in [3.05, 3.63) is 76.4 Å². The highest BCUT2D eigenvalue weighted by Crippen LogP contribution is 2.28. The summed E-state index contributed by atoms with van der Waals surface area (Å²) in [5.41, 5.74) is 6.66. The molecule has 1 saturated heterocycles. The average Bonchev–Trinajstić information content (AvgIpc) is 3.37. The second kappa shape index (κ2) is 10.7. The van der Waals surface area contributed by atoms with Crippen LogP contribution in [-0.4, -0.2) is 65.6 Å². The average molecular weight is 532 g/mol. The molecule has 4 aromatic rings. The van der Waals surface area contributed by atoms with Gasteiger partial charge < -0.3 is 9.64 Å². The number of halogens is 1. The van der Waals surface area contributed by atoms with E-state index in [1.807, 2.05) is 50.4 Å². The maximum Gasteiger partial charge on any atom is 0.257 e. The van der Waals surface area contributed by atoms with Gasteiger partial charge in [0.05, 0.1) is 46.2 Å². The molecule has 2 unspecified atom stereocenters. The Morgan fingerprint density at radius 2 is 1.77 bits per heavy atom. The predicted molar refractivity (Wildman–Crippen MR) is 145 cm³/mol. The van der Waals surface area contributed by atoms with Gasteiger partial charge in [0.15, 0.2) is 5.82 Å². The first-order valence-electron chi connectivity index (χ1n) is 13.3. The molecule has 1 fully saturated rings. The number of benzene rings is 1. The number of hydrogen-bond acceptors (Lipinski definition) is 6. The third kappa shape index (κ3) is 5.21. The molecule has 3 aromatic heterocycles. The van der Waals surface area contributed by atoms with E-state index in [9.17, 15) is 9.18 Å². The van der Waals surface area contributed by atoms with Crippen LogP contribution < -0.4 is 0 Å². The smallest absolute Gasteiger partial charge is 0.257 e. The first-order valence-corrected chi connectivity index (χ1v) is 13.3. The van der Waals surface area contributed by atoms with Crippen LogP contribution in [0.25, 0.3) is 17.1 Å². The van der Waals surface area contributed by atoms with Gasteiger partial charge in [-0.3, -0.25) is 9.48 Å². The highest BCUT2D eigenvalue weighted by atomic mass is 19.1. The van der Waals surface area contributed by atoms with Crippen molar-refractivity contribution in [1.82, 2.24) is 34.4 Å². The van der Waals surface area contributed by atoms with Crippen molar-refractivity contribution in [2.75, 3.05) is 13.1 Å². The highest BCUT2D eigenvalue weighted by Gasteiger charge is 2.30.